The highest BCUT2D eigenvalue weighted by Gasteiger charge is 2.16. The largest absolute Gasteiger partial charge is 0.348 e. The number of amides is 1. The van der Waals surface area contributed by atoms with Crippen LogP contribution in [0, 0.1) is 5.92 Å². The Morgan fingerprint density at radius 2 is 1.90 bits per heavy atom. The molecule has 3 N–H and O–H groups in total. The van der Waals surface area contributed by atoms with Crippen molar-refractivity contribution in [2.75, 3.05) is 6.54 Å². The maximum absolute atomic E-state index is 12.3. The average molecular weight is 311 g/mol. The number of fused-ring (bicyclic) bond motifs is 1. The summed E-state index contributed by atoms with van der Waals surface area (Å²) in [5, 5.41) is 3.06. The molecular weight excluding hydrogens is 284 g/mol. The molecule has 1 aromatic carbocycles. The molecule has 1 aromatic rings. The maximum atomic E-state index is 12.3. The molecule has 0 radical (unpaired) electrons. The first-order valence-corrected chi connectivity index (χ1v) is 7.73. The molecule has 0 saturated carbocycles. The zero-order chi connectivity index (χ0) is 14.5. The molecule has 1 unspecified atom stereocenters. The topological polar surface area (TPSA) is 55.1 Å². The monoisotopic (exact) mass is 310 g/mol. The first-order chi connectivity index (χ1) is 9.60. The van der Waals surface area contributed by atoms with Gasteiger partial charge in [-0.1, -0.05) is 19.9 Å². The highest BCUT2D eigenvalue weighted by Crippen LogP contribution is 2.22. The van der Waals surface area contributed by atoms with Crippen molar-refractivity contribution in [2.45, 2.75) is 52.0 Å². The molecule has 1 aliphatic carbocycles. The van der Waals surface area contributed by atoms with Crippen LogP contribution in [0.1, 0.15) is 54.6 Å². The van der Waals surface area contributed by atoms with E-state index < -0.39 is 0 Å². The average Bonchev–Trinajstić information content (AvgIpc) is 2.45. The SMILES string of the molecule is CC(C)CC(CN)NC(=O)c1ccc2c(c1)CCCC2.Cl. The van der Waals surface area contributed by atoms with Gasteiger partial charge in [-0.05, 0) is 61.3 Å². The molecule has 118 valence electrons. The number of carbonyl (C=O) groups excluding carboxylic acids is 1. The lowest BCUT2D eigenvalue weighted by atomic mass is 9.90. The molecule has 0 saturated heterocycles. The van der Waals surface area contributed by atoms with Gasteiger partial charge in [-0.2, -0.15) is 0 Å². The van der Waals surface area contributed by atoms with Crippen molar-refractivity contribution in [2.24, 2.45) is 11.7 Å². The first kappa shape index (κ1) is 18.0. The summed E-state index contributed by atoms with van der Waals surface area (Å²) in [5.41, 5.74) is 9.27. The van der Waals surface area contributed by atoms with Crippen molar-refractivity contribution in [1.82, 2.24) is 5.32 Å². The molecule has 0 aliphatic heterocycles. The van der Waals surface area contributed by atoms with Crippen molar-refractivity contribution < 1.29 is 4.79 Å². The maximum Gasteiger partial charge on any atom is 0.251 e. The van der Waals surface area contributed by atoms with Crippen molar-refractivity contribution >= 4 is 18.3 Å². The van der Waals surface area contributed by atoms with Gasteiger partial charge in [-0.15, -0.1) is 12.4 Å². The summed E-state index contributed by atoms with van der Waals surface area (Å²) < 4.78 is 0. The number of hydrogen-bond acceptors (Lipinski definition) is 2. The van der Waals surface area contributed by atoms with E-state index in [2.05, 4.69) is 31.3 Å². The number of benzene rings is 1. The minimum Gasteiger partial charge on any atom is -0.348 e. The predicted molar refractivity (Wildman–Crippen MR) is 90.1 cm³/mol. The molecule has 3 nitrogen and oxygen atoms in total. The van der Waals surface area contributed by atoms with Gasteiger partial charge in [0, 0.05) is 18.2 Å². The minimum absolute atomic E-state index is 0. The van der Waals surface area contributed by atoms with Crippen molar-refractivity contribution in [3.63, 3.8) is 0 Å². The van der Waals surface area contributed by atoms with Crippen molar-refractivity contribution in [3.05, 3.63) is 34.9 Å². The van der Waals surface area contributed by atoms with E-state index in [4.69, 9.17) is 5.73 Å². The zero-order valence-electron chi connectivity index (χ0n) is 13.0. The Labute approximate surface area is 134 Å². The third-order valence-corrected chi connectivity index (χ3v) is 3.99. The molecule has 0 bridgehead atoms. The molecule has 4 heteroatoms. The van der Waals surface area contributed by atoms with Crippen molar-refractivity contribution in [1.29, 1.82) is 0 Å². The Kier molecular flexibility index (Phi) is 7.20. The van der Waals surface area contributed by atoms with Gasteiger partial charge in [0.25, 0.3) is 5.91 Å². The van der Waals surface area contributed by atoms with Crippen LogP contribution in [-0.2, 0) is 12.8 Å². The van der Waals surface area contributed by atoms with Gasteiger partial charge in [-0.25, -0.2) is 0 Å². The lowest BCUT2D eigenvalue weighted by molar-refractivity contribution is 0.0933. The normalized spacial score (nSPS) is 15.0. The van der Waals surface area contributed by atoms with E-state index in [1.54, 1.807) is 0 Å². The first-order valence-electron chi connectivity index (χ1n) is 7.73. The second kappa shape index (κ2) is 8.40. The zero-order valence-corrected chi connectivity index (χ0v) is 13.8. The van der Waals surface area contributed by atoms with Crippen molar-refractivity contribution in [3.8, 4) is 0 Å². The molecule has 0 heterocycles. The summed E-state index contributed by atoms with van der Waals surface area (Å²) in [6, 6.07) is 6.19. The van der Waals surface area contributed by atoms with Gasteiger partial charge in [0.15, 0.2) is 0 Å². The van der Waals surface area contributed by atoms with Gasteiger partial charge < -0.3 is 11.1 Å². The van der Waals surface area contributed by atoms with Crippen LogP contribution in [-0.4, -0.2) is 18.5 Å². The van der Waals surface area contributed by atoms with E-state index in [1.165, 1.54) is 24.0 Å². The fraction of sp³-hybridized carbons (Fsp3) is 0.588. The Bertz CT molecular complexity index is 474. The molecule has 21 heavy (non-hydrogen) atoms. The molecule has 1 atom stereocenters. The van der Waals surface area contributed by atoms with Crippen LogP contribution in [0.15, 0.2) is 18.2 Å². The number of carbonyl (C=O) groups is 1. The molecule has 1 aliphatic rings. The third-order valence-electron chi connectivity index (χ3n) is 3.99. The van der Waals surface area contributed by atoms with Crippen LogP contribution in [0.2, 0.25) is 0 Å². The summed E-state index contributed by atoms with van der Waals surface area (Å²) in [4.78, 5) is 12.3. The van der Waals surface area contributed by atoms with Gasteiger partial charge >= 0.3 is 0 Å². The molecule has 0 spiro atoms. The van der Waals surface area contributed by atoms with Crippen LogP contribution < -0.4 is 11.1 Å². The summed E-state index contributed by atoms with van der Waals surface area (Å²) in [7, 11) is 0. The molecular formula is C17H27ClN2O. The molecule has 1 amide bonds. The van der Waals surface area contributed by atoms with Gasteiger partial charge in [0.2, 0.25) is 0 Å². The lowest BCUT2D eigenvalue weighted by Gasteiger charge is -2.20. The van der Waals surface area contributed by atoms with Crippen LogP contribution in [0.4, 0.5) is 0 Å². The Balaban J connectivity index is 0.00000220. The number of aryl methyl sites for hydroxylation is 2. The highest BCUT2D eigenvalue weighted by atomic mass is 35.5. The fourth-order valence-electron chi connectivity index (χ4n) is 2.93. The second-order valence-electron chi connectivity index (χ2n) is 6.23. The predicted octanol–water partition coefficient (Wildman–Crippen LogP) is 3.09. The van der Waals surface area contributed by atoms with E-state index in [9.17, 15) is 4.79 Å². The number of nitrogens with one attached hydrogen (secondary N) is 1. The number of halogens is 1. The number of nitrogens with two attached hydrogens (primary N) is 1. The number of hydrogen-bond donors (Lipinski definition) is 2. The van der Waals surface area contributed by atoms with Crippen LogP contribution in [0.25, 0.3) is 0 Å². The molecule has 0 fully saturated rings. The fourth-order valence-corrected chi connectivity index (χ4v) is 2.93. The van der Waals surface area contributed by atoms with Crippen LogP contribution >= 0.6 is 12.4 Å². The Hall–Kier alpha value is -1.06. The number of rotatable bonds is 5. The van der Waals surface area contributed by atoms with Crippen LogP contribution in [0.5, 0.6) is 0 Å². The summed E-state index contributed by atoms with van der Waals surface area (Å²) in [5.74, 6) is 0.543. The van der Waals surface area contributed by atoms with E-state index in [-0.39, 0.29) is 24.4 Å². The smallest absolute Gasteiger partial charge is 0.251 e. The summed E-state index contributed by atoms with van der Waals surface area (Å²) in [6.45, 7) is 4.79. The molecule has 2 rings (SSSR count). The van der Waals surface area contributed by atoms with E-state index >= 15 is 0 Å². The van der Waals surface area contributed by atoms with Gasteiger partial charge in [-0.3, -0.25) is 4.79 Å². The van der Waals surface area contributed by atoms with E-state index in [0.717, 1.165) is 24.8 Å². The second-order valence-corrected chi connectivity index (χ2v) is 6.23. The summed E-state index contributed by atoms with van der Waals surface area (Å²) >= 11 is 0. The highest BCUT2D eigenvalue weighted by molar-refractivity contribution is 5.94. The van der Waals surface area contributed by atoms with Gasteiger partial charge in [0.05, 0.1) is 0 Å². The molecule has 0 aromatic heterocycles. The van der Waals surface area contributed by atoms with E-state index in [0.29, 0.717) is 12.5 Å². The van der Waals surface area contributed by atoms with E-state index in [1.807, 2.05) is 6.07 Å². The summed E-state index contributed by atoms with van der Waals surface area (Å²) in [6.07, 6.45) is 5.67. The minimum atomic E-state index is 0. The quantitative estimate of drug-likeness (QED) is 0.878. The Morgan fingerprint density at radius 1 is 1.24 bits per heavy atom. The standard InChI is InChI=1S/C17H26N2O.ClH/c1-12(2)9-16(11-18)19-17(20)15-8-7-13-5-3-4-6-14(13)10-15;/h7-8,10,12,16H,3-6,9,11,18H2,1-2H3,(H,19,20);1H. The lowest BCUT2D eigenvalue weighted by Crippen LogP contribution is -2.41. The third kappa shape index (κ3) is 5.01. The van der Waals surface area contributed by atoms with Gasteiger partial charge in [0.1, 0.15) is 0 Å². The Morgan fingerprint density at radius 3 is 2.52 bits per heavy atom. The van der Waals surface area contributed by atoms with Crippen LogP contribution in [0.3, 0.4) is 0 Å².